The molecule has 0 aromatic carbocycles. The molecule has 2 aliphatic heterocycles. The number of anilines is 1. The molecular weight excluding hydrogens is 407 g/mol. The number of amides is 1. The minimum Gasteiger partial charge on any atom is -0.380 e. The minimum atomic E-state index is -4.25. The topological polar surface area (TPSA) is 70.6 Å². The van der Waals surface area contributed by atoms with Crippen molar-refractivity contribution in [2.45, 2.75) is 31.2 Å². The Morgan fingerprint density at radius 2 is 2.07 bits per heavy atom. The Hall–Kier alpha value is -1.98. The van der Waals surface area contributed by atoms with Crippen molar-refractivity contribution < 1.29 is 22.7 Å². The van der Waals surface area contributed by atoms with E-state index in [1.807, 2.05) is 9.80 Å². The molecule has 1 N–H and O–H groups in total. The van der Waals surface area contributed by atoms with E-state index in [4.69, 9.17) is 4.74 Å². The number of halogens is 3. The first kappa shape index (κ1) is 20.3. The van der Waals surface area contributed by atoms with Crippen LogP contribution in [0.15, 0.2) is 12.4 Å². The summed E-state index contributed by atoms with van der Waals surface area (Å²) >= 11 is 1.04. The quantitative estimate of drug-likeness (QED) is 0.800. The van der Waals surface area contributed by atoms with Gasteiger partial charge in [-0.3, -0.25) is 4.79 Å². The maximum atomic E-state index is 12.7. The van der Waals surface area contributed by atoms with Gasteiger partial charge in [0.15, 0.2) is 0 Å². The van der Waals surface area contributed by atoms with E-state index >= 15 is 0 Å². The lowest BCUT2D eigenvalue weighted by molar-refractivity contribution is -0.133. The van der Waals surface area contributed by atoms with Crippen LogP contribution in [0.1, 0.15) is 11.3 Å². The Labute approximate surface area is 169 Å². The molecule has 0 aliphatic carbocycles. The molecule has 0 spiro atoms. The van der Waals surface area contributed by atoms with Gasteiger partial charge in [-0.15, -0.1) is 11.3 Å². The lowest BCUT2D eigenvalue weighted by Gasteiger charge is -2.36. The summed E-state index contributed by atoms with van der Waals surface area (Å²) in [5, 5.41) is 3.84. The zero-order chi connectivity index (χ0) is 20.6. The Bertz CT molecular complexity index is 882. The van der Waals surface area contributed by atoms with Crippen LogP contribution in [0.3, 0.4) is 0 Å². The van der Waals surface area contributed by atoms with Gasteiger partial charge in [0.25, 0.3) is 0 Å². The zero-order valence-electron chi connectivity index (χ0n) is 15.9. The van der Waals surface area contributed by atoms with Crippen molar-refractivity contribution in [2.24, 2.45) is 0 Å². The van der Waals surface area contributed by atoms with Gasteiger partial charge in [0.2, 0.25) is 5.91 Å². The Kier molecular flexibility index (Phi) is 5.63. The van der Waals surface area contributed by atoms with E-state index in [2.05, 4.69) is 15.3 Å². The van der Waals surface area contributed by atoms with E-state index in [0.717, 1.165) is 11.3 Å². The highest BCUT2D eigenvalue weighted by Crippen LogP contribution is 2.34. The van der Waals surface area contributed by atoms with Crippen molar-refractivity contribution in [3.05, 3.63) is 17.3 Å². The predicted molar refractivity (Wildman–Crippen MR) is 103 cm³/mol. The zero-order valence-corrected chi connectivity index (χ0v) is 16.7. The van der Waals surface area contributed by atoms with Crippen molar-refractivity contribution in [3.8, 4) is 0 Å². The average molecular weight is 429 g/mol. The lowest BCUT2D eigenvalue weighted by Crippen LogP contribution is -2.53. The number of nitrogens with zero attached hydrogens (tertiary/aromatic N) is 4. The van der Waals surface area contributed by atoms with Gasteiger partial charge in [-0.25, -0.2) is 9.97 Å². The van der Waals surface area contributed by atoms with Crippen LogP contribution >= 0.6 is 11.3 Å². The van der Waals surface area contributed by atoms with Crippen molar-refractivity contribution in [1.82, 2.24) is 20.2 Å². The maximum Gasteiger partial charge on any atom is 0.393 e. The number of hydrogen-bond donors (Lipinski definition) is 1. The SMILES string of the molecule is CO[C@H]1CN[C@H](C(=O)N2CCN(c3ncnc4sc(CC(F)(F)F)cc34)CC2)C1. The number of carbonyl (C=O) groups excluding carboxylic acids is 1. The van der Waals surface area contributed by atoms with Crippen LogP contribution in [-0.4, -0.2) is 78.9 Å². The third kappa shape index (κ3) is 4.46. The van der Waals surface area contributed by atoms with Crippen LogP contribution in [0, 0.1) is 0 Å². The van der Waals surface area contributed by atoms with Gasteiger partial charge >= 0.3 is 6.18 Å². The number of ether oxygens (including phenoxy) is 1. The summed E-state index contributed by atoms with van der Waals surface area (Å²) in [7, 11) is 1.64. The standard InChI is InChI=1S/C18H22F3N5O2S/c1-28-11-6-14(22-9-11)17(27)26-4-2-25(3-5-26)15-13-7-12(8-18(19,20)21)29-16(13)24-10-23-15/h7,10-11,14,22H,2-6,8-9H2,1H3/t11-,14+/m1/s1. The summed E-state index contributed by atoms with van der Waals surface area (Å²) in [5.74, 6) is 0.699. The van der Waals surface area contributed by atoms with E-state index in [9.17, 15) is 18.0 Å². The van der Waals surface area contributed by atoms with Gasteiger partial charge in [0.1, 0.15) is 17.0 Å². The third-order valence-corrected chi connectivity index (χ3v) is 6.39. The summed E-state index contributed by atoms with van der Waals surface area (Å²) in [5.41, 5.74) is 0. The maximum absolute atomic E-state index is 12.7. The number of piperazine rings is 1. The molecule has 7 nitrogen and oxygen atoms in total. The number of carbonyl (C=O) groups is 1. The normalized spacial score (nSPS) is 23.2. The fourth-order valence-electron chi connectivity index (χ4n) is 3.86. The molecule has 4 heterocycles. The van der Waals surface area contributed by atoms with Gasteiger partial charge in [-0.05, 0) is 12.5 Å². The Morgan fingerprint density at radius 1 is 1.31 bits per heavy atom. The number of rotatable bonds is 4. The Balaban J connectivity index is 1.43. The molecule has 0 unspecified atom stereocenters. The summed E-state index contributed by atoms with van der Waals surface area (Å²) in [4.78, 5) is 25.8. The summed E-state index contributed by atoms with van der Waals surface area (Å²) in [6.07, 6.45) is -3.11. The van der Waals surface area contributed by atoms with Crippen molar-refractivity contribution in [3.63, 3.8) is 0 Å². The molecule has 11 heteroatoms. The molecule has 29 heavy (non-hydrogen) atoms. The third-order valence-electron chi connectivity index (χ3n) is 5.35. The van der Waals surface area contributed by atoms with E-state index < -0.39 is 12.6 Å². The first-order valence-electron chi connectivity index (χ1n) is 9.44. The van der Waals surface area contributed by atoms with Crippen molar-refractivity contribution in [1.29, 1.82) is 0 Å². The second kappa shape index (κ2) is 8.04. The number of hydrogen-bond acceptors (Lipinski definition) is 7. The molecular formula is C18H22F3N5O2S. The number of nitrogens with one attached hydrogen (secondary N) is 1. The molecule has 2 aliphatic rings. The van der Waals surface area contributed by atoms with E-state index in [1.165, 1.54) is 12.4 Å². The number of fused-ring (bicyclic) bond motifs is 1. The predicted octanol–water partition coefficient (Wildman–Crippen LogP) is 1.82. The average Bonchev–Trinajstić information content (AvgIpc) is 3.32. The second-order valence-electron chi connectivity index (χ2n) is 7.29. The van der Waals surface area contributed by atoms with E-state index in [0.29, 0.717) is 55.2 Å². The molecule has 4 rings (SSSR count). The van der Waals surface area contributed by atoms with Crippen LogP contribution in [0.4, 0.5) is 19.0 Å². The van der Waals surface area contributed by atoms with Crippen LogP contribution < -0.4 is 10.2 Å². The Morgan fingerprint density at radius 3 is 2.72 bits per heavy atom. The largest absolute Gasteiger partial charge is 0.393 e. The molecule has 1 amide bonds. The second-order valence-corrected chi connectivity index (χ2v) is 8.40. The summed E-state index contributed by atoms with van der Waals surface area (Å²) in [6.45, 7) is 2.90. The van der Waals surface area contributed by atoms with Gasteiger partial charge in [-0.1, -0.05) is 0 Å². The molecule has 0 saturated carbocycles. The molecule has 2 aromatic heterocycles. The monoisotopic (exact) mass is 429 g/mol. The first-order chi connectivity index (χ1) is 13.8. The van der Waals surface area contributed by atoms with Crippen LogP contribution in [0.5, 0.6) is 0 Å². The first-order valence-corrected chi connectivity index (χ1v) is 10.3. The highest BCUT2D eigenvalue weighted by molar-refractivity contribution is 7.18. The highest BCUT2D eigenvalue weighted by Gasteiger charge is 2.34. The van der Waals surface area contributed by atoms with Crippen LogP contribution in [-0.2, 0) is 16.0 Å². The number of aromatic nitrogens is 2. The fraction of sp³-hybridized carbons (Fsp3) is 0.611. The molecule has 2 saturated heterocycles. The lowest BCUT2D eigenvalue weighted by atomic mass is 10.1. The number of alkyl halides is 3. The molecule has 2 fully saturated rings. The van der Waals surface area contributed by atoms with E-state index in [1.54, 1.807) is 7.11 Å². The molecule has 158 valence electrons. The van der Waals surface area contributed by atoms with Gasteiger partial charge in [-0.2, -0.15) is 13.2 Å². The molecule has 0 bridgehead atoms. The molecule has 2 aromatic rings. The number of thiophene rings is 1. The van der Waals surface area contributed by atoms with Gasteiger partial charge in [0.05, 0.1) is 24.0 Å². The fourth-order valence-corrected chi connectivity index (χ4v) is 4.88. The van der Waals surface area contributed by atoms with Gasteiger partial charge < -0.3 is 19.9 Å². The number of methoxy groups -OCH3 is 1. The summed E-state index contributed by atoms with van der Waals surface area (Å²) in [6, 6.07) is 1.31. The molecule has 2 atom stereocenters. The smallest absolute Gasteiger partial charge is 0.380 e. The molecule has 0 radical (unpaired) electrons. The minimum absolute atomic E-state index is 0.0593. The van der Waals surface area contributed by atoms with Crippen molar-refractivity contribution >= 4 is 33.3 Å². The van der Waals surface area contributed by atoms with Crippen LogP contribution in [0.2, 0.25) is 0 Å². The van der Waals surface area contributed by atoms with Crippen molar-refractivity contribution in [2.75, 3.05) is 44.7 Å². The highest BCUT2D eigenvalue weighted by atomic mass is 32.1. The summed E-state index contributed by atoms with van der Waals surface area (Å²) < 4.78 is 43.5. The van der Waals surface area contributed by atoms with E-state index in [-0.39, 0.29) is 22.9 Å². The van der Waals surface area contributed by atoms with Crippen LogP contribution in [0.25, 0.3) is 10.2 Å². The van der Waals surface area contributed by atoms with Gasteiger partial charge in [0, 0.05) is 44.7 Å².